The Labute approximate surface area is 166 Å². The number of carbonyl (C=O) groups is 4. The lowest BCUT2D eigenvalue weighted by Gasteiger charge is -2.23. The van der Waals surface area contributed by atoms with Gasteiger partial charge in [0.1, 0.15) is 18.1 Å². The smallest absolute Gasteiger partial charge is 0.328 e. The van der Waals surface area contributed by atoms with Crippen LogP contribution < -0.4 is 21.7 Å². The van der Waals surface area contributed by atoms with Crippen molar-refractivity contribution in [2.75, 3.05) is 12.4 Å². The number of nitrogens with zero attached hydrogens (tertiary/aromatic N) is 1. The van der Waals surface area contributed by atoms with Crippen molar-refractivity contribution in [3.8, 4) is 0 Å². The maximum atomic E-state index is 12.4. The number of aliphatic hydroxyl groups excluding tert-OH is 1. The Morgan fingerprint density at radius 3 is 2.32 bits per heavy atom. The van der Waals surface area contributed by atoms with E-state index in [1.54, 1.807) is 0 Å². The normalized spacial score (nSPS) is 15.0. The monoisotopic (exact) mass is 416 g/mol. The minimum absolute atomic E-state index is 0.0217. The van der Waals surface area contributed by atoms with E-state index in [0.717, 1.165) is 0 Å². The van der Waals surface area contributed by atoms with Crippen molar-refractivity contribution in [3.63, 3.8) is 0 Å². The number of nitrogens with one attached hydrogen (secondary N) is 4. The van der Waals surface area contributed by atoms with E-state index < -0.39 is 54.5 Å². The van der Waals surface area contributed by atoms with Crippen molar-refractivity contribution in [2.24, 2.45) is 5.73 Å². The second-order valence-corrected chi connectivity index (χ2v) is 6.31. The Morgan fingerprint density at radius 1 is 1.18 bits per heavy atom. The highest BCUT2D eigenvalue weighted by Gasteiger charge is 2.28. The average molecular weight is 416 g/mol. The number of aromatic amines is 1. The van der Waals surface area contributed by atoms with E-state index in [4.69, 9.17) is 15.9 Å². The van der Waals surface area contributed by atoms with Crippen LogP contribution in [0.15, 0.2) is 12.5 Å². The van der Waals surface area contributed by atoms with Gasteiger partial charge in [-0.1, -0.05) is 0 Å². The lowest BCUT2D eigenvalue weighted by atomic mass is 10.1. The molecular weight excluding hydrogens is 392 g/mol. The molecule has 0 saturated heterocycles. The predicted octanol–water partition coefficient (Wildman–Crippen LogP) is -3.24. The molecule has 4 atom stereocenters. The van der Waals surface area contributed by atoms with E-state index in [1.165, 1.54) is 19.4 Å². The summed E-state index contributed by atoms with van der Waals surface area (Å²) < 4.78 is 0. The fourth-order valence-corrected chi connectivity index (χ4v) is 2.21. The van der Waals surface area contributed by atoms with E-state index in [9.17, 15) is 19.2 Å². The maximum Gasteiger partial charge on any atom is 0.328 e. The summed E-state index contributed by atoms with van der Waals surface area (Å²) in [5.74, 6) is -3.43. The summed E-state index contributed by atoms with van der Waals surface area (Å²) >= 11 is 3.90. The number of aromatic nitrogens is 2. The predicted molar refractivity (Wildman–Crippen MR) is 100 cm³/mol. The van der Waals surface area contributed by atoms with Crippen LogP contribution in [-0.4, -0.2) is 80.4 Å². The first kappa shape index (κ1) is 23.4. The number of H-pyrrole nitrogens is 1. The first-order valence-corrected chi connectivity index (χ1v) is 8.91. The van der Waals surface area contributed by atoms with Crippen LogP contribution in [0.3, 0.4) is 0 Å². The zero-order chi connectivity index (χ0) is 21.3. The molecule has 0 fully saturated rings. The van der Waals surface area contributed by atoms with Crippen LogP contribution in [0, 0.1) is 0 Å². The molecule has 1 aromatic rings. The Bertz CT molecular complexity index is 685. The van der Waals surface area contributed by atoms with Gasteiger partial charge in [-0.15, -0.1) is 0 Å². The molecule has 0 spiro atoms. The number of nitrogens with two attached hydrogens (primary N) is 1. The van der Waals surface area contributed by atoms with Gasteiger partial charge in [-0.25, -0.2) is 9.78 Å². The first-order chi connectivity index (χ1) is 13.2. The van der Waals surface area contributed by atoms with Crippen LogP contribution in [-0.2, 0) is 25.6 Å². The molecule has 1 aromatic heterocycles. The highest BCUT2D eigenvalue weighted by Crippen LogP contribution is 2.01. The van der Waals surface area contributed by atoms with Gasteiger partial charge in [0.05, 0.1) is 19.0 Å². The molecule has 12 nitrogen and oxygen atoms in total. The van der Waals surface area contributed by atoms with Crippen molar-refractivity contribution >= 4 is 36.3 Å². The molecule has 4 unspecified atom stereocenters. The standard InChI is InChI=1S/C15H24N6O6S/c1-7(19-13(24)9(16)5-28)12(23)20-10(2-8-3-17-6-18-8)14(25)21-11(4-22)15(26)27/h3,6-7,9-11,22,28H,2,4-5,16H2,1H3,(H,17,18)(H,19,24)(H,20,23)(H,21,25)(H,26,27). The summed E-state index contributed by atoms with van der Waals surface area (Å²) in [5.41, 5.74) is 6.03. The molecule has 156 valence electrons. The molecule has 8 N–H and O–H groups in total. The van der Waals surface area contributed by atoms with E-state index in [0.29, 0.717) is 5.69 Å². The number of imidazole rings is 1. The van der Waals surface area contributed by atoms with E-state index in [-0.39, 0.29) is 12.2 Å². The first-order valence-electron chi connectivity index (χ1n) is 8.28. The van der Waals surface area contributed by atoms with Gasteiger partial charge in [0.25, 0.3) is 0 Å². The molecule has 0 radical (unpaired) electrons. The van der Waals surface area contributed by atoms with Gasteiger partial charge < -0.3 is 36.9 Å². The molecule has 1 rings (SSSR count). The van der Waals surface area contributed by atoms with Gasteiger partial charge in [0, 0.05) is 24.1 Å². The number of thiol groups is 1. The van der Waals surface area contributed by atoms with Crippen LogP contribution in [0.5, 0.6) is 0 Å². The number of carboxylic acids is 1. The lowest BCUT2D eigenvalue weighted by Crippen LogP contribution is -2.57. The molecule has 0 aromatic carbocycles. The molecule has 0 saturated carbocycles. The van der Waals surface area contributed by atoms with Gasteiger partial charge in [-0.2, -0.15) is 12.6 Å². The number of hydrogen-bond acceptors (Lipinski definition) is 8. The SMILES string of the molecule is CC(NC(=O)C(N)CS)C(=O)NC(Cc1cnc[nH]1)C(=O)NC(CO)C(=O)O. The molecule has 13 heteroatoms. The number of aliphatic hydroxyl groups is 1. The zero-order valence-corrected chi connectivity index (χ0v) is 16.0. The largest absolute Gasteiger partial charge is 0.480 e. The summed E-state index contributed by atoms with van der Waals surface area (Å²) in [6.07, 6.45) is 2.79. The molecule has 3 amide bonds. The van der Waals surface area contributed by atoms with Gasteiger partial charge in [-0.3, -0.25) is 14.4 Å². The second-order valence-electron chi connectivity index (χ2n) is 5.94. The van der Waals surface area contributed by atoms with Crippen molar-refractivity contribution < 1.29 is 29.4 Å². The fourth-order valence-electron chi connectivity index (χ4n) is 2.05. The highest BCUT2D eigenvalue weighted by atomic mass is 32.1. The molecule has 0 aliphatic carbocycles. The van der Waals surface area contributed by atoms with Gasteiger partial charge in [0.15, 0.2) is 0 Å². The third kappa shape index (κ3) is 7.17. The van der Waals surface area contributed by atoms with Gasteiger partial charge >= 0.3 is 5.97 Å². The number of aliphatic carboxylic acids is 1. The maximum absolute atomic E-state index is 12.4. The molecule has 0 aliphatic heterocycles. The summed E-state index contributed by atoms with van der Waals surface area (Å²) in [6.45, 7) is 0.581. The summed E-state index contributed by atoms with van der Waals surface area (Å²) in [7, 11) is 0. The number of rotatable bonds is 11. The van der Waals surface area contributed by atoms with Crippen LogP contribution in [0.1, 0.15) is 12.6 Å². The number of carboxylic acid groups (broad SMARTS) is 1. The summed E-state index contributed by atoms with van der Waals surface area (Å²) in [6, 6.07) is -4.62. The highest BCUT2D eigenvalue weighted by molar-refractivity contribution is 7.80. The Kier molecular flexibility index (Phi) is 9.41. The Morgan fingerprint density at radius 2 is 1.82 bits per heavy atom. The lowest BCUT2D eigenvalue weighted by molar-refractivity contribution is -0.143. The quantitative estimate of drug-likeness (QED) is 0.172. The van der Waals surface area contributed by atoms with Crippen molar-refractivity contribution in [2.45, 2.75) is 37.5 Å². The van der Waals surface area contributed by atoms with E-state index in [1.807, 2.05) is 0 Å². The molecular formula is C15H24N6O6S. The van der Waals surface area contributed by atoms with Crippen molar-refractivity contribution in [1.82, 2.24) is 25.9 Å². The van der Waals surface area contributed by atoms with E-state index in [2.05, 4.69) is 38.5 Å². The molecule has 0 bridgehead atoms. The van der Waals surface area contributed by atoms with Crippen LogP contribution in [0.4, 0.5) is 0 Å². The minimum atomic E-state index is -1.53. The zero-order valence-electron chi connectivity index (χ0n) is 15.1. The molecule has 1 heterocycles. The van der Waals surface area contributed by atoms with E-state index >= 15 is 0 Å². The third-order valence-corrected chi connectivity index (χ3v) is 4.09. The van der Waals surface area contributed by atoms with Crippen LogP contribution >= 0.6 is 12.6 Å². The number of hydrogen-bond donors (Lipinski definition) is 8. The topological polar surface area (TPSA) is 200 Å². The number of amides is 3. The van der Waals surface area contributed by atoms with Gasteiger partial charge in [-0.05, 0) is 6.92 Å². The van der Waals surface area contributed by atoms with Gasteiger partial charge in [0.2, 0.25) is 17.7 Å². The minimum Gasteiger partial charge on any atom is -0.480 e. The molecule has 28 heavy (non-hydrogen) atoms. The van der Waals surface area contributed by atoms with Crippen LogP contribution in [0.25, 0.3) is 0 Å². The molecule has 0 aliphatic rings. The average Bonchev–Trinajstić information content (AvgIpc) is 3.17. The number of carbonyl (C=O) groups excluding carboxylic acids is 3. The summed E-state index contributed by atoms with van der Waals surface area (Å²) in [4.78, 5) is 54.1. The van der Waals surface area contributed by atoms with Crippen LogP contribution in [0.2, 0.25) is 0 Å². The fraction of sp³-hybridized carbons (Fsp3) is 0.533. The van der Waals surface area contributed by atoms with Crippen molar-refractivity contribution in [1.29, 1.82) is 0 Å². The third-order valence-electron chi connectivity index (χ3n) is 3.69. The summed E-state index contributed by atoms with van der Waals surface area (Å²) in [5, 5.41) is 25.0. The van der Waals surface area contributed by atoms with Crippen molar-refractivity contribution in [3.05, 3.63) is 18.2 Å². The Hall–Kier alpha value is -2.64. The Balaban J connectivity index is 2.84. The second kappa shape index (κ2) is 11.3.